The molecule has 0 radical (unpaired) electrons. The van der Waals surface area contributed by atoms with Gasteiger partial charge in [0.2, 0.25) is 0 Å². The summed E-state index contributed by atoms with van der Waals surface area (Å²) in [6.45, 7) is 1.69. The largest absolute Gasteiger partial charge is 0.375 e. The highest BCUT2D eigenvalue weighted by molar-refractivity contribution is 9.10. The van der Waals surface area contributed by atoms with Gasteiger partial charge in [-0.3, -0.25) is 0 Å². The second kappa shape index (κ2) is 6.18. The first-order chi connectivity index (χ1) is 9.38. The smallest absolute Gasteiger partial charge is 0.150 e. The fraction of sp³-hybridized carbons (Fsp3) is 0.143. The second-order valence-corrected chi connectivity index (χ2v) is 6.05. The first kappa shape index (κ1) is 15.4. The molecule has 0 spiro atoms. The van der Waals surface area contributed by atoms with Crippen LogP contribution < -0.4 is 5.32 Å². The van der Waals surface area contributed by atoms with Gasteiger partial charge < -0.3 is 5.32 Å². The van der Waals surface area contributed by atoms with Crippen molar-refractivity contribution in [2.45, 2.75) is 13.0 Å². The van der Waals surface area contributed by atoms with E-state index in [4.69, 9.17) is 0 Å². The molecule has 0 saturated carbocycles. The highest BCUT2D eigenvalue weighted by atomic mass is 79.9. The predicted molar refractivity (Wildman–Crippen MR) is 80.2 cm³/mol. The van der Waals surface area contributed by atoms with Gasteiger partial charge in [-0.1, -0.05) is 15.9 Å². The SMILES string of the molecule is CC(Nc1c(F)cc(F)cc1Br)c1cc(Br)ccc1F. The molecule has 0 bridgehead atoms. The third-order valence-corrected chi connectivity index (χ3v) is 3.91. The zero-order valence-corrected chi connectivity index (χ0v) is 13.5. The first-order valence-corrected chi connectivity index (χ1v) is 7.33. The van der Waals surface area contributed by atoms with Crippen molar-refractivity contribution in [1.82, 2.24) is 0 Å². The Balaban J connectivity index is 2.32. The van der Waals surface area contributed by atoms with Crippen molar-refractivity contribution in [3.8, 4) is 0 Å². The molecular formula is C14H10Br2F3N. The number of anilines is 1. The van der Waals surface area contributed by atoms with E-state index in [1.807, 2.05) is 0 Å². The van der Waals surface area contributed by atoms with Gasteiger partial charge in [0.25, 0.3) is 0 Å². The molecule has 2 rings (SSSR count). The van der Waals surface area contributed by atoms with Crippen LogP contribution in [-0.4, -0.2) is 0 Å². The Morgan fingerprint density at radius 1 is 1.00 bits per heavy atom. The van der Waals surface area contributed by atoms with Crippen molar-refractivity contribution < 1.29 is 13.2 Å². The average Bonchev–Trinajstić information content (AvgIpc) is 2.36. The number of rotatable bonds is 3. The lowest BCUT2D eigenvalue weighted by Crippen LogP contribution is -2.10. The maximum atomic E-state index is 13.8. The average molecular weight is 409 g/mol. The van der Waals surface area contributed by atoms with Gasteiger partial charge >= 0.3 is 0 Å². The highest BCUT2D eigenvalue weighted by Crippen LogP contribution is 2.31. The van der Waals surface area contributed by atoms with E-state index in [1.165, 1.54) is 6.07 Å². The first-order valence-electron chi connectivity index (χ1n) is 5.74. The standard InChI is InChI=1S/C14H10Br2F3N/c1-7(10-4-8(15)2-3-12(10)18)20-14-11(16)5-9(17)6-13(14)19/h2-7,20H,1H3. The summed E-state index contributed by atoms with van der Waals surface area (Å²) in [6, 6.07) is 5.96. The molecule has 0 amide bonds. The molecule has 1 atom stereocenters. The monoisotopic (exact) mass is 407 g/mol. The van der Waals surface area contributed by atoms with Gasteiger partial charge in [-0.15, -0.1) is 0 Å². The summed E-state index contributed by atoms with van der Waals surface area (Å²) in [5.74, 6) is -1.81. The van der Waals surface area contributed by atoms with Gasteiger partial charge in [0.05, 0.1) is 11.7 Å². The van der Waals surface area contributed by atoms with Crippen LogP contribution in [0.2, 0.25) is 0 Å². The van der Waals surface area contributed by atoms with E-state index in [2.05, 4.69) is 37.2 Å². The Morgan fingerprint density at radius 3 is 2.35 bits per heavy atom. The van der Waals surface area contributed by atoms with E-state index in [1.54, 1.807) is 19.1 Å². The van der Waals surface area contributed by atoms with Crippen molar-refractivity contribution in [3.05, 3.63) is 62.3 Å². The molecule has 2 aromatic rings. The van der Waals surface area contributed by atoms with Crippen molar-refractivity contribution in [3.63, 3.8) is 0 Å². The molecule has 0 aromatic heterocycles. The van der Waals surface area contributed by atoms with Crippen LogP contribution in [0, 0.1) is 17.5 Å². The van der Waals surface area contributed by atoms with Crippen LogP contribution in [0.3, 0.4) is 0 Å². The lowest BCUT2D eigenvalue weighted by atomic mass is 10.1. The summed E-state index contributed by atoms with van der Waals surface area (Å²) in [5, 5.41) is 2.84. The Bertz CT molecular complexity index is 623. The molecule has 0 aliphatic rings. The fourth-order valence-corrected chi connectivity index (χ4v) is 2.72. The van der Waals surface area contributed by atoms with Crippen LogP contribution in [0.15, 0.2) is 39.3 Å². The number of hydrogen-bond acceptors (Lipinski definition) is 1. The summed E-state index contributed by atoms with van der Waals surface area (Å²) < 4.78 is 41.5. The number of halogens is 5. The number of benzene rings is 2. The van der Waals surface area contributed by atoms with Crippen molar-refractivity contribution in [2.24, 2.45) is 0 Å². The number of hydrogen-bond donors (Lipinski definition) is 1. The summed E-state index contributed by atoms with van der Waals surface area (Å²) >= 11 is 6.35. The maximum absolute atomic E-state index is 13.8. The van der Waals surface area contributed by atoms with Gasteiger partial charge in [0.15, 0.2) is 0 Å². The zero-order valence-electron chi connectivity index (χ0n) is 10.4. The molecule has 0 aliphatic heterocycles. The van der Waals surface area contributed by atoms with E-state index >= 15 is 0 Å². The second-order valence-electron chi connectivity index (χ2n) is 4.28. The molecule has 1 N–H and O–H groups in total. The minimum atomic E-state index is -0.737. The molecular weight excluding hydrogens is 399 g/mol. The molecule has 1 nitrogen and oxygen atoms in total. The van der Waals surface area contributed by atoms with E-state index in [0.717, 1.165) is 16.6 Å². The molecule has 0 heterocycles. The molecule has 106 valence electrons. The zero-order chi connectivity index (χ0) is 14.9. The third kappa shape index (κ3) is 3.35. The maximum Gasteiger partial charge on any atom is 0.150 e. The molecule has 20 heavy (non-hydrogen) atoms. The van der Waals surface area contributed by atoms with Gasteiger partial charge in [0, 0.05) is 20.6 Å². The van der Waals surface area contributed by atoms with E-state index < -0.39 is 23.5 Å². The minimum Gasteiger partial charge on any atom is -0.375 e. The van der Waals surface area contributed by atoms with Gasteiger partial charge in [-0.25, -0.2) is 13.2 Å². The van der Waals surface area contributed by atoms with Crippen LogP contribution in [-0.2, 0) is 0 Å². The minimum absolute atomic E-state index is 0.0956. The molecule has 0 aliphatic carbocycles. The quantitative estimate of drug-likeness (QED) is 0.676. The molecule has 0 saturated heterocycles. The van der Waals surface area contributed by atoms with Crippen LogP contribution in [0.4, 0.5) is 18.9 Å². The summed E-state index contributed by atoms with van der Waals surface area (Å²) in [7, 11) is 0. The summed E-state index contributed by atoms with van der Waals surface area (Å²) in [5.41, 5.74) is 0.480. The molecule has 0 fully saturated rings. The van der Waals surface area contributed by atoms with Gasteiger partial charge in [-0.2, -0.15) is 0 Å². The molecule has 1 unspecified atom stereocenters. The highest BCUT2D eigenvalue weighted by Gasteiger charge is 2.16. The van der Waals surface area contributed by atoms with Gasteiger partial charge in [0.1, 0.15) is 17.5 Å². The Labute approximate surface area is 131 Å². The van der Waals surface area contributed by atoms with E-state index in [9.17, 15) is 13.2 Å². The van der Waals surface area contributed by atoms with Crippen molar-refractivity contribution in [1.29, 1.82) is 0 Å². The Hall–Kier alpha value is -1.01. The van der Waals surface area contributed by atoms with E-state index in [-0.39, 0.29) is 10.2 Å². The van der Waals surface area contributed by atoms with Crippen LogP contribution in [0.25, 0.3) is 0 Å². The summed E-state index contributed by atoms with van der Waals surface area (Å²) in [6.07, 6.45) is 0. The van der Waals surface area contributed by atoms with Crippen LogP contribution in [0.1, 0.15) is 18.5 Å². The van der Waals surface area contributed by atoms with Crippen LogP contribution in [0.5, 0.6) is 0 Å². The molecule has 2 aromatic carbocycles. The Kier molecular flexibility index (Phi) is 4.75. The predicted octanol–water partition coefficient (Wildman–Crippen LogP) is 5.80. The Morgan fingerprint density at radius 2 is 1.70 bits per heavy atom. The van der Waals surface area contributed by atoms with Crippen LogP contribution >= 0.6 is 31.9 Å². The lowest BCUT2D eigenvalue weighted by Gasteiger charge is -2.18. The van der Waals surface area contributed by atoms with Crippen molar-refractivity contribution >= 4 is 37.5 Å². The lowest BCUT2D eigenvalue weighted by molar-refractivity contribution is 0.578. The fourth-order valence-electron chi connectivity index (χ4n) is 1.82. The summed E-state index contributed by atoms with van der Waals surface area (Å²) in [4.78, 5) is 0. The van der Waals surface area contributed by atoms with Crippen molar-refractivity contribution in [2.75, 3.05) is 5.32 Å². The third-order valence-electron chi connectivity index (χ3n) is 2.79. The van der Waals surface area contributed by atoms with Gasteiger partial charge in [-0.05, 0) is 47.1 Å². The topological polar surface area (TPSA) is 12.0 Å². The van der Waals surface area contributed by atoms with E-state index in [0.29, 0.717) is 5.56 Å². The molecule has 6 heteroatoms. The normalized spacial score (nSPS) is 12.3. The number of nitrogens with one attached hydrogen (secondary N) is 1.